The number of nitrogens with one attached hydrogen (secondary N) is 1. The van der Waals surface area contributed by atoms with E-state index in [-0.39, 0.29) is 25.0 Å². The Kier molecular flexibility index (Phi) is 7.00. The van der Waals surface area contributed by atoms with Crippen LogP contribution in [0.15, 0.2) is 0 Å². The number of likely N-dealkylation sites (tertiary alicyclic amines) is 1. The molecule has 0 aromatic heterocycles. The molecule has 0 unspecified atom stereocenters. The smallest absolute Gasteiger partial charge is 0.413 e. The molecule has 0 aromatic carbocycles. The van der Waals surface area contributed by atoms with Crippen molar-refractivity contribution in [2.45, 2.75) is 26.7 Å². The number of imide groups is 1. The molecule has 0 radical (unpaired) electrons. The summed E-state index contributed by atoms with van der Waals surface area (Å²) in [7, 11) is 0. The highest BCUT2D eigenvalue weighted by atomic mass is 16.5. The molecule has 114 valence electrons. The summed E-state index contributed by atoms with van der Waals surface area (Å²) in [5, 5.41) is 2.14. The molecule has 1 N–H and O–H groups in total. The number of piperidine rings is 1. The van der Waals surface area contributed by atoms with Crippen molar-refractivity contribution in [3.63, 3.8) is 0 Å². The number of alkyl carbamates (subject to hydrolysis) is 1. The fraction of sp³-hybridized carbons (Fsp3) is 0.769. The van der Waals surface area contributed by atoms with E-state index < -0.39 is 12.0 Å². The molecule has 1 rings (SSSR count). The standard InChI is InChI=1S/C13H22N2O5/c1-3-19-12(17)10-6-5-7-15(8-10)9-11(16)14-13(18)20-4-2/h10H,3-9H2,1-2H3,(H,14,16,18)/t10-/m0/s1. The first-order valence-corrected chi connectivity index (χ1v) is 6.92. The summed E-state index contributed by atoms with van der Waals surface area (Å²) in [5.74, 6) is -0.838. The van der Waals surface area contributed by atoms with Gasteiger partial charge in [-0.15, -0.1) is 0 Å². The van der Waals surface area contributed by atoms with Gasteiger partial charge < -0.3 is 9.47 Å². The predicted molar refractivity (Wildman–Crippen MR) is 71.0 cm³/mol. The van der Waals surface area contributed by atoms with Crippen LogP contribution in [0.5, 0.6) is 0 Å². The molecule has 1 aliphatic heterocycles. The summed E-state index contributed by atoms with van der Waals surface area (Å²) in [5.41, 5.74) is 0. The number of hydrogen-bond acceptors (Lipinski definition) is 6. The van der Waals surface area contributed by atoms with Gasteiger partial charge in [-0.25, -0.2) is 4.79 Å². The van der Waals surface area contributed by atoms with E-state index in [0.717, 1.165) is 19.4 Å². The van der Waals surface area contributed by atoms with Crippen LogP contribution in [0.3, 0.4) is 0 Å². The Labute approximate surface area is 118 Å². The predicted octanol–water partition coefficient (Wildman–Crippen LogP) is 0.534. The van der Waals surface area contributed by atoms with Crippen LogP contribution in [0.1, 0.15) is 26.7 Å². The van der Waals surface area contributed by atoms with Crippen LogP contribution in [-0.2, 0) is 19.1 Å². The van der Waals surface area contributed by atoms with Gasteiger partial charge in [-0.05, 0) is 33.2 Å². The third kappa shape index (κ3) is 5.56. The van der Waals surface area contributed by atoms with Gasteiger partial charge in [0, 0.05) is 6.54 Å². The molecule has 2 amide bonds. The lowest BCUT2D eigenvalue weighted by molar-refractivity contribution is -0.150. The average molecular weight is 286 g/mol. The van der Waals surface area contributed by atoms with Gasteiger partial charge >= 0.3 is 12.1 Å². The fourth-order valence-corrected chi connectivity index (χ4v) is 2.18. The Morgan fingerprint density at radius 2 is 1.90 bits per heavy atom. The van der Waals surface area contributed by atoms with Crippen molar-refractivity contribution < 1.29 is 23.9 Å². The molecule has 0 bridgehead atoms. The van der Waals surface area contributed by atoms with Gasteiger partial charge in [-0.2, -0.15) is 0 Å². The number of amides is 2. The molecule has 7 heteroatoms. The summed E-state index contributed by atoms with van der Waals surface area (Å²) in [4.78, 5) is 36.3. The monoisotopic (exact) mass is 286 g/mol. The maximum atomic E-state index is 11.7. The summed E-state index contributed by atoms with van der Waals surface area (Å²) < 4.78 is 9.62. The Bertz CT molecular complexity index is 359. The Morgan fingerprint density at radius 1 is 1.20 bits per heavy atom. The van der Waals surface area contributed by atoms with Gasteiger partial charge in [-0.1, -0.05) is 0 Å². The van der Waals surface area contributed by atoms with Crippen LogP contribution in [0.4, 0.5) is 4.79 Å². The molecule has 0 aliphatic carbocycles. The largest absolute Gasteiger partial charge is 0.466 e. The maximum Gasteiger partial charge on any atom is 0.413 e. The second kappa shape index (κ2) is 8.52. The third-order valence-corrected chi connectivity index (χ3v) is 3.01. The lowest BCUT2D eigenvalue weighted by Crippen LogP contribution is -2.45. The van der Waals surface area contributed by atoms with Crippen molar-refractivity contribution in [3.8, 4) is 0 Å². The van der Waals surface area contributed by atoms with Crippen LogP contribution in [0.25, 0.3) is 0 Å². The number of nitrogens with zero attached hydrogens (tertiary/aromatic N) is 1. The van der Waals surface area contributed by atoms with Gasteiger partial charge in [0.15, 0.2) is 0 Å². The molecular formula is C13H22N2O5. The topological polar surface area (TPSA) is 84.9 Å². The van der Waals surface area contributed by atoms with E-state index >= 15 is 0 Å². The molecule has 1 heterocycles. The zero-order chi connectivity index (χ0) is 15.0. The van der Waals surface area contributed by atoms with Crippen molar-refractivity contribution in [1.82, 2.24) is 10.2 Å². The maximum absolute atomic E-state index is 11.7. The van der Waals surface area contributed by atoms with Crippen molar-refractivity contribution >= 4 is 18.0 Å². The minimum Gasteiger partial charge on any atom is -0.466 e. The minimum atomic E-state index is -0.739. The van der Waals surface area contributed by atoms with Gasteiger partial charge in [0.05, 0.1) is 25.7 Å². The number of rotatable bonds is 5. The van der Waals surface area contributed by atoms with Crippen LogP contribution < -0.4 is 5.32 Å². The normalized spacial score (nSPS) is 19.2. The SMILES string of the molecule is CCOC(=O)NC(=O)CN1CCC[C@H](C(=O)OCC)C1. The molecular weight excluding hydrogens is 264 g/mol. The van der Waals surface area contributed by atoms with Crippen LogP contribution >= 0.6 is 0 Å². The van der Waals surface area contributed by atoms with Crippen molar-refractivity contribution in [2.24, 2.45) is 5.92 Å². The first kappa shape index (κ1) is 16.4. The van der Waals surface area contributed by atoms with Crippen molar-refractivity contribution in [1.29, 1.82) is 0 Å². The zero-order valence-corrected chi connectivity index (χ0v) is 12.0. The van der Waals surface area contributed by atoms with Crippen LogP contribution in [0, 0.1) is 5.92 Å². The van der Waals surface area contributed by atoms with Crippen molar-refractivity contribution in [2.75, 3.05) is 32.8 Å². The van der Waals surface area contributed by atoms with Gasteiger partial charge in [-0.3, -0.25) is 19.8 Å². The number of esters is 1. The lowest BCUT2D eigenvalue weighted by Gasteiger charge is -2.30. The summed E-state index contributed by atoms with van der Waals surface area (Å²) in [6.45, 7) is 5.30. The van der Waals surface area contributed by atoms with E-state index in [2.05, 4.69) is 10.1 Å². The molecule has 7 nitrogen and oxygen atoms in total. The fourth-order valence-electron chi connectivity index (χ4n) is 2.18. The number of hydrogen-bond donors (Lipinski definition) is 1. The highest BCUT2D eigenvalue weighted by Crippen LogP contribution is 2.17. The molecule has 0 saturated carbocycles. The molecule has 1 fully saturated rings. The highest BCUT2D eigenvalue weighted by Gasteiger charge is 2.27. The van der Waals surface area contributed by atoms with E-state index in [1.165, 1.54) is 0 Å². The first-order chi connectivity index (χ1) is 9.56. The summed E-state index contributed by atoms with van der Waals surface area (Å²) >= 11 is 0. The molecule has 1 saturated heterocycles. The van der Waals surface area contributed by atoms with E-state index in [9.17, 15) is 14.4 Å². The van der Waals surface area contributed by atoms with Crippen molar-refractivity contribution in [3.05, 3.63) is 0 Å². The van der Waals surface area contributed by atoms with Crippen LogP contribution in [0.2, 0.25) is 0 Å². The Balaban J connectivity index is 2.38. The summed E-state index contributed by atoms with van der Waals surface area (Å²) in [6.07, 6.45) is 0.863. The molecule has 0 spiro atoms. The lowest BCUT2D eigenvalue weighted by atomic mass is 9.98. The van der Waals surface area contributed by atoms with E-state index in [0.29, 0.717) is 13.2 Å². The Hall–Kier alpha value is -1.63. The number of carbonyl (C=O) groups excluding carboxylic acids is 3. The summed E-state index contributed by atoms with van der Waals surface area (Å²) in [6, 6.07) is 0. The second-order valence-electron chi connectivity index (χ2n) is 4.59. The zero-order valence-electron chi connectivity index (χ0n) is 12.0. The number of ether oxygens (including phenoxy) is 2. The minimum absolute atomic E-state index is 0.0781. The first-order valence-electron chi connectivity index (χ1n) is 6.92. The molecule has 1 aliphatic rings. The third-order valence-electron chi connectivity index (χ3n) is 3.01. The second-order valence-corrected chi connectivity index (χ2v) is 4.59. The van der Waals surface area contributed by atoms with E-state index in [4.69, 9.17) is 4.74 Å². The van der Waals surface area contributed by atoms with E-state index in [1.807, 2.05) is 4.90 Å². The quantitative estimate of drug-likeness (QED) is 0.742. The molecule has 20 heavy (non-hydrogen) atoms. The van der Waals surface area contributed by atoms with Crippen LogP contribution in [-0.4, -0.2) is 55.7 Å². The molecule has 0 aromatic rings. The Morgan fingerprint density at radius 3 is 2.55 bits per heavy atom. The van der Waals surface area contributed by atoms with Gasteiger partial charge in [0.25, 0.3) is 0 Å². The van der Waals surface area contributed by atoms with Gasteiger partial charge in [0.1, 0.15) is 0 Å². The molecule has 1 atom stereocenters. The highest BCUT2D eigenvalue weighted by molar-refractivity contribution is 5.92. The van der Waals surface area contributed by atoms with E-state index in [1.54, 1.807) is 13.8 Å². The van der Waals surface area contributed by atoms with Gasteiger partial charge in [0.2, 0.25) is 5.91 Å². The number of carbonyl (C=O) groups is 3. The average Bonchev–Trinajstić information content (AvgIpc) is 2.39.